The fourth-order valence-electron chi connectivity index (χ4n) is 2.24. The minimum atomic E-state index is -0.858. The summed E-state index contributed by atoms with van der Waals surface area (Å²) in [6.07, 6.45) is 0.370. The molecule has 0 aliphatic rings. The number of nitrogens with two attached hydrogens (primary N) is 1. The molecule has 118 valence electrons. The topological polar surface area (TPSA) is 81.8 Å². The van der Waals surface area contributed by atoms with Crippen molar-refractivity contribution in [3.05, 3.63) is 23.3 Å². The molecule has 0 aliphatic carbocycles. The van der Waals surface area contributed by atoms with Gasteiger partial charge in [-0.25, -0.2) is 0 Å². The van der Waals surface area contributed by atoms with Crippen LogP contribution in [0.15, 0.2) is 12.1 Å². The maximum Gasteiger partial charge on any atom is 0.303 e. The lowest BCUT2D eigenvalue weighted by molar-refractivity contribution is -0.137. The lowest BCUT2D eigenvalue weighted by atomic mass is 9.83. The summed E-state index contributed by atoms with van der Waals surface area (Å²) in [6, 6.07) is 3.35. The molecule has 0 saturated heterocycles. The van der Waals surface area contributed by atoms with Gasteiger partial charge in [-0.15, -0.1) is 0 Å². The second-order valence-electron chi connectivity index (χ2n) is 6.09. The number of carboxylic acids is 1. The van der Waals surface area contributed by atoms with Crippen LogP contribution < -0.4 is 15.2 Å². The molecular weight excluding hydrogens is 270 g/mol. The lowest BCUT2D eigenvalue weighted by Crippen LogP contribution is -2.18. The number of benzene rings is 1. The second-order valence-corrected chi connectivity index (χ2v) is 6.09. The zero-order valence-corrected chi connectivity index (χ0v) is 13.4. The largest absolute Gasteiger partial charge is 0.497 e. The van der Waals surface area contributed by atoms with E-state index in [1.165, 1.54) is 0 Å². The van der Waals surface area contributed by atoms with E-state index in [4.69, 9.17) is 20.3 Å². The fraction of sp³-hybridized carbons (Fsp3) is 0.562. The SMILES string of the molecule is COc1cc(C(N)CCC(=O)O)c(OC)c(C(C)(C)C)c1. The summed E-state index contributed by atoms with van der Waals surface area (Å²) < 4.78 is 10.9. The molecule has 5 heteroatoms. The highest BCUT2D eigenvalue weighted by molar-refractivity contribution is 5.66. The maximum atomic E-state index is 10.7. The van der Waals surface area contributed by atoms with E-state index < -0.39 is 12.0 Å². The van der Waals surface area contributed by atoms with Crippen LogP contribution >= 0.6 is 0 Å². The quantitative estimate of drug-likeness (QED) is 0.843. The van der Waals surface area contributed by atoms with Crippen LogP contribution in [-0.4, -0.2) is 25.3 Å². The molecule has 1 aromatic carbocycles. The maximum absolute atomic E-state index is 10.7. The third kappa shape index (κ3) is 4.36. The van der Waals surface area contributed by atoms with Crippen molar-refractivity contribution in [1.82, 2.24) is 0 Å². The van der Waals surface area contributed by atoms with Crippen molar-refractivity contribution >= 4 is 5.97 Å². The van der Waals surface area contributed by atoms with Crippen molar-refractivity contribution in [2.75, 3.05) is 14.2 Å². The lowest BCUT2D eigenvalue weighted by Gasteiger charge is -2.26. The molecule has 0 heterocycles. The van der Waals surface area contributed by atoms with Gasteiger partial charge in [-0.2, -0.15) is 0 Å². The van der Waals surface area contributed by atoms with Crippen LogP contribution in [0.5, 0.6) is 11.5 Å². The molecule has 0 fully saturated rings. The van der Waals surface area contributed by atoms with Gasteiger partial charge in [-0.3, -0.25) is 4.79 Å². The minimum absolute atomic E-state index is 0.0202. The highest BCUT2D eigenvalue weighted by Gasteiger charge is 2.25. The number of ether oxygens (including phenoxy) is 2. The molecule has 3 N–H and O–H groups in total. The first-order valence-electron chi connectivity index (χ1n) is 6.94. The second kappa shape index (κ2) is 6.80. The molecule has 1 atom stereocenters. The Labute approximate surface area is 126 Å². The standard InChI is InChI=1S/C16H25NO4/c1-16(2,3)12-9-10(20-4)8-11(15(12)21-5)13(17)6-7-14(18)19/h8-9,13H,6-7,17H2,1-5H3,(H,18,19). The zero-order chi connectivity index (χ0) is 16.2. The van der Waals surface area contributed by atoms with Crippen molar-refractivity contribution in [3.63, 3.8) is 0 Å². The van der Waals surface area contributed by atoms with E-state index in [0.717, 1.165) is 11.1 Å². The Hall–Kier alpha value is -1.75. The minimum Gasteiger partial charge on any atom is -0.497 e. The van der Waals surface area contributed by atoms with E-state index >= 15 is 0 Å². The van der Waals surface area contributed by atoms with Gasteiger partial charge < -0.3 is 20.3 Å². The molecule has 0 aromatic heterocycles. The molecule has 0 saturated carbocycles. The Morgan fingerprint density at radius 3 is 2.33 bits per heavy atom. The van der Waals surface area contributed by atoms with Crippen LogP contribution in [0.3, 0.4) is 0 Å². The van der Waals surface area contributed by atoms with Crippen molar-refractivity contribution < 1.29 is 19.4 Å². The molecule has 0 radical (unpaired) electrons. The van der Waals surface area contributed by atoms with Crippen LogP contribution in [0.2, 0.25) is 0 Å². The van der Waals surface area contributed by atoms with E-state index in [9.17, 15) is 4.79 Å². The molecule has 0 amide bonds. The number of rotatable bonds is 6. The van der Waals surface area contributed by atoms with Crippen LogP contribution in [0.4, 0.5) is 0 Å². The summed E-state index contributed by atoms with van der Waals surface area (Å²) in [5, 5.41) is 8.81. The summed E-state index contributed by atoms with van der Waals surface area (Å²) in [5.41, 5.74) is 7.79. The molecule has 1 aromatic rings. The zero-order valence-electron chi connectivity index (χ0n) is 13.4. The van der Waals surface area contributed by atoms with Gasteiger partial charge in [0, 0.05) is 23.6 Å². The normalized spacial score (nSPS) is 12.9. The summed E-state index contributed by atoms with van der Waals surface area (Å²) in [6.45, 7) is 6.24. The number of hydrogen-bond donors (Lipinski definition) is 2. The van der Waals surface area contributed by atoms with E-state index in [1.54, 1.807) is 14.2 Å². The number of aliphatic carboxylic acids is 1. The average Bonchev–Trinajstić information content (AvgIpc) is 2.42. The van der Waals surface area contributed by atoms with Crippen molar-refractivity contribution in [1.29, 1.82) is 0 Å². The molecule has 21 heavy (non-hydrogen) atoms. The van der Waals surface area contributed by atoms with Gasteiger partial charge in [0.15, 0.2) is 0 Å². The van der Waals surface area contributed by atoms with Gasteiger partial charge in [-0.05, 0) is 24.0 Å². The van der Waals surface area contributed by atoms with Gasteiger partial charge in [0.25, 0.3) is 0 Å². The number of carbonyl (C=O) groups is 1. The van der Waals surface area contributed by atoms with Crippen molar-refractivity contribution in [3.8, 4) is 11.5 Å². The third-order valence-corrected chi connectivity index (χ3v) is 3.41. The van der Waals surface area contributed by atoms with E-state index in [1.807, 2.05) is 12.1 Å². The summed E-state index contributed by atoms with van der Waals surface area (Å²) in [5.74, 6) is 0.547. The smallest absolute Gasteiger partial charge is 0.303 e. The number of carboxylic acid groups (broad SMARTS) is 1. The molecule has 1 unspecified atom stereocenters. The van der Waals surface area contributed by atoms with Gasteiger partial charge in [-0.1, -0.05) is 20.8 Å². The van der Waals surface area contributed by atoms with Crippen LogP contribution in [-0.2, 0) is 10.2 Å². The molecule has 0 bridgehead atoms. The molecule has 5 nitrogen and oxygen atoms in total. The van der Waals surface area contributed by atoms with Gasteiger partial charge >= 0.3 is 5.97 Å². The van der Waals surface area contributed by atoms with Gasteiger partial charge in [0.1, 0.15) is 11.5 Å². The summed E-state index contributed by atoms with van der Waals surface area (Å²) in [7, 11) is 3.20. The van der Waals surface area contributed by atoms with Gasteiger partial charge in [0.05, 0.1) is 14.2 Å². The fourth-order valence-corrected chi connectivity index (χ4v) is 2.24. The van der Waals surface area contributed by atoms with Gasteiger partial charge in [0.2, 0.25) is 0 Å². The Morgan fingerprint density at radius 1 is 1.29 bits per heavy atom. The molecule has 0 aliphatic heterocycles. The predicted octanol–water partition coefficient (Wildman–Crippen LogP) is 2.87. The van der Waals surface area contributed by atoms with E-state index in [2.05, 4.69) is 20.8 Å². The summed E-state index contributed by atoms with van der Waals surface area (Å²) in [4.78, 5) is 10.7. The van der Waals surface area contributed by atoms with E-state index in [-0.39, 0.29) is 11.8 Å². The molecular formula is C16H25NO4. The Balaban J connectivity index is 3.31. The monoisotopic (exact) mass is 295 g/mol. The van der Waals surface area contributed by atoms with Crippen LogP contribution in [0.25, 0.3) is 0 Å². The number of methoxy groups -OCH3 is 2. The first kappa shape index (κ1) is 17.3. The third-order valence-electron chi connectivity index (χ3n) is 3.41. The van der Waals surface area contributed by atoms with Crippen LogP contribution in [0, 0.1) is 0 Å². The first-order chi connectivity index (χ1) is 9.70. The predicted molar refractivity (Wildman–Crippen MR) is 82.0 cm³/mol. The first-order valence-corrected chi connectivity index (χ1v) is 6.94. The van der Waals surface area contributed by atoms with Crippen molar-refractivity contribution in [2.45, 2.75) is 45.1 Å². The van der Waals surface area contributed by atoms with Crippen LogP contribution in [0.1, 0.15) is 50.8 Å². The van der Waals surface area contributed by atoms with Crippen molar-refractivity contribution in [2.24, 2.45) is 5.73 Å². The molecule has 0 spiro atoms. The highest BCUT2D eigenvalue weighted by atomic mass is 16.5. The van der Waals surface area contributed by atoms with E-state index in [0.29, 0.717) is 17.9 Å². The summed E-state index contributed by atoms with van der Waals surface area (Å²) >= 11 is 0. The molecule has 1 rings (SSSR count). The Bertz CT molecular complexity index is 506. The Morgan fingerprint density at radius 2 is 1.90 bits per heavy atom. The number of hydrogen-bond acceptors (Lipinski definition) is 4. The Kier molecular flexibility index (Phi) is 5.61. The highest BCUT2D eigenvalue weighted by Crippen LogP contribution is 2.40. The average molecular weight is 295 g/mol.